The molecule has 0 amide bonds. The minimum Gasteiger partial charge on any atom is -0.368 e. The van der Waals surface area contributed by atoms with Crippen molar-refractivity contribution in [2.75, 3.05) is 5.73 Å². The highest BCUT2D eigenvalue weighted by atomic mass is 35.5. The monoisotopic (exact) mass is 270 g/mol. The van der Waals surface area contributed by atoms with Crippen molar-refractivity contribution in [2.24, 2.45) is 5.10 Å². The van der Waals surface area contributed by atoms with Gasteiger partial charge in [0.05, 0.1) is 23.1 Å². The minimum absolute atomic E-state index is 0.125. The van der Waals surface area contributed by atoms with Crippen LogP contribution in [0.25, 0.3) is 0 Å². The number of imidazole rings is 1. The molecule has 2 rings (SSSR count). The lowest BCUT2D eigenvalue weighted by molar-refractivity contribution is 0.583. The van der Waals surface area contributed by atoms with E-state index in [9.17, 15) is 8.78 Å². The highest BCUT2D eigenvalue weighted by molar-refractivity contribution is 6.33. The van der Waals surface area contributed by atoms with Crippen molar-refractivity contribution in [1.29, 1.82) is 0 Å². The average Bonchev–Trinajstić information content (AvgIpc) is 2.60. The van der Waals surface area contributed by atoms with Crippen molar-refractivity contribution in [1.82, 2.24) is 9.66 Å². The fourth-order valence-electron chi connectivity index (χ4n) is 1.39. The summed E-state index contributed by atoms with van der Waals surface area (Å²) >= 11 is 5.69. The number of aromatic nitrogens is 2. The number of halogens is 3. The van der Waals surface area contributed by atoms with Crippen LogP contribution in [0.3, 0.4) is 0 Å². The van der Waals surface area contributed by atoms with Gasteiger partial charge >= 0.3 is 0 Å². The van der Waals surface area contributed by atoms with Gasteiger partial charge in [0.25, 0.3) is 0 Å². The molecule has 0 unspecified atom stereocenters. The number of rotatable bonds is 2. The first-order valence-corrected chi connectivity index (χ1v) is 5.35. The Labute approximate surface area is 107 Å². The molecule has 7 heteroatoms. The lowest BCUT2D eigenvalue weighted by Gasteiger charge is -2.00. The fourth-order valence-corrected chi connectivity index (χ4v) is 1.55. The van der Waals surface area contributed by atoms with Crippen molar-refractivity contribution in [3.05, 3.63) is 46.2 Å². The first-order chi connectivity index (χ1) is 8.47. The third kappa shape index (κ3) is 2.48. The van der Waals surface area contributed by atoms with Gasteiger partial charge in [-0.2, -0.15) is 5.10 Å². The van der Waals surface area contributed by atoms with E-state index >= 15 is 0 Å². The largest absolute Gasteiger partial charge is 0.368 e. The van der Waals surface area contributed by atoms with Gasteiger partial charge < -0.3 is 5.73 Å². The summed E-state index contributed by atoms with van der Waals surface area (Å²) in [6.07, 6.45) is 2.79. The van der Waals surface area contributed by atoms with Crippen molar-refractivity contribution >= 4 is 23.8 Å². The number of nitrogens with zero attached hydrogens (tertiary/aromatic N) is 3. The Morgan fingerprint density at radius 1 is 1.44 bits per heavy atom. The second-order valence-electron chi connectivity index (χ2n) is 3.62. The lowest BCUT2D eigenvalue weighted by Crippen LogP contribution is -1.98. The molecule has 0 fully saturated rings. The number of nitrogen functional groups attached to an aromatic ring is 1. The first kappa shape index (κ1) is 12.5. The smallest absolute Gasteiger partial charge is 0.221 e. The maximum absolute atomic E-state index is 13.2. The topological polar surface area (TPSA) is 56.2 Å². The van der Waals surface area contributed by atoms with Crippen LogP contribution in [0.5, 0.6) is 0 Å². The van der Waals surface area contributed by atoms with E-state index in [1.807, 2.05) is 0 Å². The summed E-state index contributed by atoms with van der Waals surface area (Å²) in [5.41, 5.74) is 6.37. The molecule has 4 nitrogen and oxygen atoms in total. The lowest BCUT2D eigenvalue weighted by atomic mass is 10.2. The summed E-state index contributed by atoms with van der Waals surface area (Å²) in [6, 6.07) is 1.78. The van der Waals surface area contributed by atoms with Crippen molar-refractivity contribution in [2.45, 2.75) is 6.92 Å². The molecule has 0 spiro atoms. The van der Waals surface area contributed by atoms with Crippen LogP contribution in [-0.4, -0.2) is 15.9 Å². The molecule has 94 valence electrons. The second kappa shape index (κ2) is 4.73. The fraction of sp³-hybridized carbons (Fsp3) is 0.0909. The minimum atomic E-state index is -0.840. The Hall–Kier alpha value is -1.95. The Morgan fingerprint density at radius 2 is 2.17 bits per heavy atom. The molecule has 0 saturated carbocycles. The molecule has 0 bridgehead atoms. The van der Waals surface area contributed by atoms with Crippen LogP contribution in [-0.2, 0) is 0 Å². The number of anilines is 1. The number of aryl methyl sites for hydroxylation is 1. The molecule has 0 aliphatic heterocycles. The molecule has 18 heavy (non-hydrogen) atoms. The highest BCUT2D eigenvalue weighted by Crippen LogP contribution is 2.20. The molecule has 1 aromatic carbocycles. The van der Waals surface area contributed by atoms with Crippen LogP contribution in [0.1, 0.15) is 11.3 Å². The van der Waals surface area contributed by atoms with Crippen molar-refractivity contribution in [3.63, 3.8) is 0 Å². The Bertz CT molecular complexity index is 622. The van der Waals surface area contributed by atoms with Gasteiger partial charge in [-0.3, -0.25) is 0 Å². The molecule has 0 saturated heterocycles. The molecule has 1 aromatic heterocycles. The molecular weight excluding hydrogens is 262 g/mol. The zero-order valence-electron chi connectivity index (χ0n) is 9.36. The van der Waals surface area contributed by atoms with E-state index in [0.717, 1.165) is 6.07 Å². The molecule has 2 N–H and O–H groups in total. The number of hydrogen-bond donors (Lipinski definition) is 1. The Balaban J connectivity index is 2.37. The SMILES string of the molecule is Cc1cn(N=Cc2cc(F)cc(F)c2Cl)c(N)n1. The van der Waals surface area contributed by atoms with Gasteiger partial charge in [-0.1, -0.05) is 11.6 Å². The second-order valence-corrected chi connectivity index (χ2v) is 4.00. The quantitative estimate of drug-likeness (QED) is 0.674. The van der Waals surface area contributed by atoms with E-state index in [1.54, 1.807) is 13.1 Å². The summed E-state index contributed by atoms with van der Waals surface area (Å²) in [5, 5.41) is 3.73. The predicted octanol–water partition coefficient (Wildman–Crippen LogP) is 2.59. The highest BCUT2D eigenvalue weighted by Gasteiger charge is 2.07. The van der Waals surface area contributed by atoms with Gasteiger partial charge in [0, 0.05) is 11.6 Å². The van der Waals surface area contributed by atoms with E-state index in [-0.39, 0.29) is 16.5 Å². The molecule has 1 heterocycles. The Morgan fingerprint density at radius 3 is 2.78 bits per heavy atom. The van der Waals surface area contributed by atoms with Gasteiger partial charge in [-0.05, 0) is 13.0 Å². The van der Waals surface area contributed by atoms with E-state index in [0.29, 0.717) is 11.8 Å². The summed E-state index contributed by atoms with van der Waals surface area (Å²) in [4.78, 5) is 3.93. The van der Waals surface area contributed by atoms with Crippen LogP contribution in [0.4, 0.5) is 14.7 Å². The normalized spacial score (nSPS) is 11.3. The molecular formula is C11H9ClF2N4. The van der Waals surface area contributed by atoms with Gasteiger partial charge in [-0.15, -0.1) is 0 Å². The summed E-state index contributed by atoms with van der Waals surface area (Å²) in [7, 11) is 0. The van der Waals surface area contributed by atoms with Crippen molar-refractivity contribution in [3.8, 4) is 0 Å². The molecule has 0 atom stereocenters. The molecule has 0 aliphatic carbocycles. The molecule has 2 aromatic rings. The van der Waals surface area contributed by atoms with E-state index in [2.05, 4.69) is 10.1 Å². The average molecular weight is 271 g/mol. The molecule has 0 radical (unpaired) electrons. The van der Waals surface area contributed by atoms with E-state index in [4.69, 9.17) is 17.3 Å². The third-order valence-electron chi connectivity index (χ3n) is 2.18. The maximum atomic E-state index is 13.2. The van der Waals surface area contributed by atoms with Crippen LogP contribution in [0.2, 0.25) is 5.02 Å². The summed E-state index contributed by atoms with van der Waals surface area (Å²) < 4.78 is 27.5. The predicted molar refractivity (Wildman–Crippen MR) is 65.7 cm³/mol. The van der Waals surface area contributed by atoms with Crippen molar-refractivity contribution < 1.29 is 8.78 Å². The standard InChI is InChI=1S/C11H9ClF2N4/c1-6-5-18(11(15)17-6)16-4-7-2-8(13)3-9(14)10(7)12/h2-5H,1H3,(H2,15,17). The zero-order chi connectivity index (χ0) is 13.3. The Kier molecular flexibility index (Phi) is 3.29. The van der Waals surface area contributed by atoms with Crippen LogP contribution < -0.4 is 5.73 Å². The van der Waals surface area contributed by atoms with Gasteiger partial charge in [0.1, 0.15) is 11.6 Å². The van der Waals surface area contributed by atoms with Crippen LogP contribution >= 0.6 is 11.6 Å². The third-order valence-corrected chi connectivity index (χ3v) is 2.58. The number of benzene rings is 1. The van der Waals surface area contributed by atoms with Gasteiger partial charge in [-0.25, -0.2) is 18.4 Å². The van der Waals surface area contributed by atoms with Crippen LogP contribution in [0, 0.1) is 18.6 Å². The number of nitrogens with two attached hydrogens (primary N) is 1. The van der Waals surface area contributed by atoms with Gasteiger partial charge in [0.15, 0.2) is 0 Å². The van der Waals surface area contributed by atoms with Crippen LogP contribution in [0.15, 0.2) is 23.4 Å². The molecule has 0 aliphatic rings. The zero-order valence-corrected chi connectivity index (χ0v) is 10.1. The van der Waals surface area contributed by atoms with E-state index in [1.165, 1.54) is 10.9 Å². The van der Waals surface area contributed by atoms with E-state index < -0.39 is 11.6 Å². The summed E-state index contributed by atoms with van der Waals surface area (Å²) in [5.74, 6) is -1.39. The van der Waals surface area contributed by atoms with Gasteiger partial charge in [0.2, 0.25) is 5.95 Å². The maximum Gasteiger partial charge on any atom is 0.221 e. The first-order valence-electron chi connectivity index (χ1n) is 4.97. The number of hydrogen-bond acceptors (Lipinski definition) is 3. The summed E-state index contributed by atoms with van der Waals surface area (Å²) in [6.45, 7) is 1.75.